The fourth-order valence-corrected chi connectivity index (χ4v) is 15.8. The summed E-state index contributed by atoms with van der Waals surface area (Å²) in [6.07, 6.45) is 5.16. The summed E-state index contributed by atoms with van der Waals surface area (Å²) in [7, 11) is -6.63. The van der Waals surface area contributed by atoms with Crippen LogP contribution >= 0.6 is 65.0 Å². The molecule has 2 radical (unpaired) electrons. The van der Waals surface area contributed by atoms with Crippen LogP contribution in [-0.2, 0) is 42.3 Å². The topological polar surface area (TPSA) is 299 Å². The molecule has 4 aromatic heterocycles. The number of hydrogen-bond donors (Lipinski definition) is 5. The third-order valence-corrected chi connectivity index (χ3v) is 21.6. The van der Waals surface area contributed by atoms with Crippen LogP contribution in [0, 0.1) is 0 Å². The SMILES string of the molecule is C.CSCC(C)(OC[C@H]1O[C@@H](n2ncc3c(NC4CCCC4)nc(Cl)nc32)[C@H](O)[C@@H]1O)P(=O)(O)O.C[Si](C)(C)Br.C[Si]CC(C)(OC[C@H]1O[C@@H](n2ncc3c(N(C(=O)OC(C)(C)C)C4CCCC4)nc(Cl)nc32)[C@@H]2OC(C)(C)O[C@@H]21)P(C)(C)=O. The highest BCUT2D eigenvalue weighted by atomic mass is 79.9. The minimum atomic E-state index is -4.61. The maximum Gasteiger partial charge on any atom is 0.416 e. The molecule has 3 saturated heterocycles. The molecule has 5 aliphatic rings. The molecule has 0 bridgehead atoms. The van der Waals surface area contributed by atoms with Crippen LogP contribution < -0.4 is 10.2 Å². The molecular weight excluding hydrogens is 1290 g/mol. The quantitative estimate of drug-likeness (QED) is 0.0268. The standard InChI is InChI=1S/C29H45ClN5O7PSi.C19H29ClN5O7PS.C3H9BrSi.CH4/c1-27(2,3)42-26(36)34(17-12-10-11-13-17)22-18-14-31-35(23(18)33-25(30)32-22)24-21-20(40-28(4,5)41-21)19(39-24)15-38-29(6,16-44-9)43(7,8)37;1-19(9-34-2,33(28,29)30)31-8-12-13(26)14(27)17(32-12)25-16-11(7-21-25)15(23-18(20)24-16)22-10-5-3-4-6-10;1-5(2,3)4;/h14,17,19-21,24H,10-13,15-16H2,1-9H3;7,10,12-14,17,26-27H,3-6,8-9H2,1-2H3,(H,22,23,24)(H2,28,29,30);1-3H3;1H4/t19-,20-,21-,24-,29?;12-,13-,14-,17-,19?;;/m11../s1. The van der Waals surface area contributed by atoms with Crippen LogP contribution in [0.5, 0.6) is 0 Å². The number of aliphatic hydroxyl groups is 2. The summed E-state index contributed by atoms with van der Waals surface area (Å²) < 4.78 is 70.8. The number of hydrogen-bond acceptors (Lipinski definition) is 20. The van der Waals surface area contributed by atoms with Gasteiger partial charge in [0.15, 0.2) is 40.7 Å². The highest BCUT2D eigenvalue weighted by Gasteiger charge is 2.57. The van der Waals surface area contributed by atoms with Crippen molar-refractivity contribution >= 4 is 121 Å². The number of aromatic nitrogens is 8. The zero-order valence-electron chi connectivity index (χ0n) is 49.7. The predicted octanol–water partition coefficient (Wildman–Crippen LogP) is 10.7. The lowest BCUT2D eigenvalue weighted by Gasteiger charge is -2.35. The molecule has 2 aliphatic carbocycles. The van der Waals surface area contributed by atoms with Crippen molar-refractivity contribution in [2.24, 2.45) is 0 Å². The molecule has 5 N–H and O–H groups in total. The molecule has 2 saturated carbocycles. The van der Waals surface area contributed by atoms with Crippen molar-refractivity contribution in [1.29, 1.82) is 0 Å². The number of aliphatic hydroxyl groups excluding tert-OH is 2. The number of amides is 1. The van der Waals surface area contributed by atoms with Crippen LogP contribution in [0.3, 0.4) is 0 Å². The molecule has 7 heterocycles. The van der Waals surface area contributed by atoms with Crippen LogP contribution in [-0.4, -0.2) is 191 Å². The lowest BCUT2D eigenvalue weighted by molar-refractivity contribution is -0.205. The van der Waals surface area contributed by atoms with E-state index >= 15 is 0 Å². The van der Waals surface area contributed by atoms with Crippen molar-refractivity contribution in [3.05, 3.63) is 23.0 Å². The molecule has 32 heteroatoms. The minimum Gasteiger partial charge on any atom is -0.443 e. The molecule has 9 rings (SSSR count). The number of carbonyl (C=O) groups excluding carboxylic acids is 1. The van der Waals surface area contributed by atoms with E-state index in [2.05, 4.69) is 76.9 Å². The Balaban J connectivity index is 0.000000253. The zero-order valence-corrected chi connectivity index (χ0v) is 57.4. The van der Waals surface area contributed by atoms with Crippen molar-refractivity contribution in [1.82, 2.24) is 39.5 Å². The highest BCUT2D eigenvalue weighted by Crippen LogP contribution is 2.55. The number of thioether (sulfide) groups is 1. The van der Waals surface area contributed by atoms with Gasteiger partial charge in [-0.15, -0.1) is 15.3 Å². The van der Waals surface area contributed by atoms with E-state index in [9.17, 15) is 33.9 Å². The molecule has 0 spiro atoms. The monoisotopic (exact) mass is 1370 g/mol. The van der Waals surface area contributed by atoms with Gasteiger partial charge < -0.3 is 63.0 Å². The molecule has 4 aromatic rings. The largest absolute Gasteiger partial charge is 0.443 e. The van der Waals surface area contributed by atoms with Crippen molar-refractivity contribution in [3.8, 4) is 0 Å². The van der Waals surface area contributed by atoms with Crippen LogP contribution in [0.15, 0.2) is 12.4 Å². The summed E-state index contributed by atoms with van der Waals surface area (Å²) in [6.45, 7) is 23.8. The number of anilines is 2. The average molecular weight is 1380 g/mol. The van der Waals surface area contributed by atoms with Crippen molar-refractivity contribution in [2.45, 2.75) is 223 Å². The molecule has 0 aromatic carbocycles. The number of ether oxygens (including phenoxy) is 7. The Kier molecular flexibility index (Phi) is 23.8. The Morgan fingerprint density at radius 1 is 0.845 bits per heavy atom. The molecule has 10 atom stereocenters. The summed E-state index contributed by atoms with van der Waals surface area (Å²) in [5, 5.41) is 32.1. The van der Waals surface area contributed by atoms with Gasteiger partial charge in [0.05, 0.1) is 36.4 Å². The van der Waals surface area contributed by atoms with E-state index in [0.29, 0.717) is 49.3 Å². The fourth-order valence-electron chi connectivity index (χ4n) is 10.4. The first-order valence-electron chi connectivity index (χ1n) is 27.8. The van der Waals surface area contributed by atoms with Gasteiger partial charge in [-0.3, -0.25) is 9.46 Å². The van der Waals surface area contributed by atoms with Gasteiger partial charge in [-0.25, -0.2) is 14.2 Å². The first-order chi connectivity index (χ1) is 38.5. The molecule has 474 valence electrons. The molecule has 5 fully saturated rings. The minimum absolute atomic E-state index is 0. The highest BCUT2D eigenvalue weighted by molar-refractivity contribution is 9.26. The Labute approximate surface area is 518 Å². The second-order valence-corrected chi connectivity index (χ2v) is 44.4. The number of fused-ring (bicyclic) bond motifs is 3. The normalized spacial score (nSPS) is 26.2. The molecule has 84 heavy (non-hydrogen) atoms. The Bertz CT molecular complexity index is 2980. The second kappa shape index (κ2) is 28.1. The van der Waals surface area contributed by atoms with Gasteiger partial charge in [-0.05, 0) is 123 Å². The Morgan fingerprint density at radius 3 is 1.92 bits per heavy atom. The van der Waals surface area contributed by atoms with Crippen LogP contribution in [0.4, 0.5) is 16.4 Å². The summed E-state index contributed by atoms with van der Waals surface area (Å²) in [4.78, 5) is 52.2. The van der Waals surface area contributed by atoms with Crippen molar-refractivity contribution < 1.29 is 67.1 Å². The van der Waals surface area contributed by atoms with Gasteiger partial charge in [-0.2, -0.15) is 41.9 Å². The lowest BCUT2D eigenvalue weighted by Crippen LogP contribution is -2.43. The predicted molar refractivity (Wildman–Crippen MR) is 335 cm³/mol. The first-order valence-corrected chi connectivity index (χ1v) is 41.6. The zero-order chi connectivity index (χ0) is 61.4. The molecule has 24 nitrogen and oxygen atoms in total. The number of rotatable bonds is 18. The summed E-state index contributed by atoms with van der Waals surface area (Å²) in [6, 6.07) is 0.870. The number of nitrogens with zero attached hydrogens (tertiary/aromatic N) is 9. The smallest absolute Gasteiger partial charge is 0.416 e. The van der Waals surface area contributed by atoms with Crippen molar-refractivity contribution in [2.75, 3.05) is 48.8 Å². The fraction of sp³-hybridized carbons (Fsp3) is 0.788. The Hall–Kier alpha value is -1.93. The maximum absolute atomic E-state index is 13.6. The summed E-state index contributed by atoms with van der Waals surface area (Å²) in [5.41, 5.74) is 0.0241. The molecule has 3 aliphatic heterocycles. The van der Waals surface area contributed by atoms with E-state index in [1.165, 1.54) is 23.4 Å². The van der Waals surface area contributed by atoms with Gasteiger partial charge >= 0.3 is 13.7 Å². The number of carbonyl (C=O) groups is 1. The lowest BCUT2D eigenvalue weighted by atomic mass is 10.1. The van der Waals surface area contributed by atoms with E-state index in [0.717, 1.165) is 51.4 Å². The van der Waals surface area contributed by atoms with E-state index in [-0.39, 0.29) is 49.0 Å². The first kappa shape index (κ1) is 71.2. The maximum atomic E-state index is 13.6. The average Bonchev–Trinajstić information content (AvgIpc) is 1.70. The van der Waals surface area contributed by atoms with Crippen LogP contribution in [0.1, 0.15) is 120 Å². The van der Waals surface area contributed by atoms with Crippen molar-refractivity contribution in [3.63, 3.8) is 0 Å². The van der Waals surface area contributed by atoms with Gasteiger partial charge in [0.25, 0.3) is 0 Å². The third-order valence-electron chi connectivity index (χ3n) is 14.8. The second-order valence-electron chi connectivity index (χ2n) is 24.8. The van der Waals surface area contributed by atoms with Gasteiger partial charge in [-0.1, -0.05) is 59.3 Å². The number of nitrogens with one attached hydrogen (secondary N) is 1. The van der Waals surface area contributed by atoms with Gasteiger partial charge in [0.1, 0.15) is 67.2 Å². The van der Waals surface area contributed by atoms with Gasteiger partial charge in [0, 0.05) is 27.4 Å². The van der Waals surface area contributed by atoms with Crippen LogP contribution in [0.2, 0.25) is 42.8 Å². The molecular formula is C52H87BrCl2N10O14P2SSi2. The van der Waals surface area contributed by atoms with E-state index in [1.54, 1.807) is 41.6 Å². The molecule has 1 amide bonds. The Morgan fingerprint density at radius 2 is 1.36 bits per heavy atom. The van der Waals surface area contributed by atoms with Gasteiger partial charge in [0.2, 0.25) is 10.6 Å². The molecule has 2 unspecified atom stereocenters. The van der Waals surface area contributed by atoms with E-state index < -0.39 is 98.7 Å². The summed E-state index contributed by atoms with van der Waals surface area (Å²) in [5.74, 6) is 0.0481. The van der Waals surface area contributed by atoms with Crippen LogP contribution in [0.25, 0.3) is 22.1 Å². The van der Waals surface area contributed by atoms with E-state index in [4.69, 9.17) is 56.4 Å². The third kappa shape index (κ3) is 17.1. The summed E-state index contributed by atoms with van der Waals surface area (Å²) >= 11 is 17.4. The van der Waals surface area contributed by atoms with E-state index in [1.807, 2.05) is 41.5 Å². The number of halogens is 3.